The van der Waals surface area contributed by atoms with Gasteiger partial charge in [0.15, 0.2) is 0 Å². The highest BCUT2D eigenvalue weighted by Crippen LogP contribution is 2.31. The van der Waals surface area contributed by atoms with Gasteiger partial charge in [-0.3, -0.25) is 4.68 Å². The highest BCUT2D eigenvalue weighted by Gasteiger charge is 2.18. The molecule has 1 aromatic heterocycles. The lowest BCUT2D eigenvalue weighted by molar-refractivity contribution is 0.609. The van der Waals surface area contributed by atoms with Crippen molar-refractivity contribution in [3.8, 4) is 11.1 Å². The summed E-state index contributed by atoms with van der Waals surface area (Å²) in [6.45, 7) is 3.79. The Morgan fingerprint density at radius 1 is 1.04 bits per heavy atom. The van der Waals surface area contributed by atoms with Gasteiger partial charge in [0, 0.05) is 19.0 Å². The van der Waals surface area contributed by atoms with E-state index in [-0.39, 0.29) is 11.6 Å². The summed E-state index contributed by atoms with van der Waals surface area (Å²) in [4.78, 5) is 0. The van der Waals surface area contributed by atoms with Crippen molar-refractivity contribution in [2.75, 3.05) is 0 Å². The Hall–Kier alpha value is -2.49. The number of halogens is 2. The Kier molecular flexibility index (Phi) is 3.99. The fraction of sp³-hybridized carbons (Fsp3) is 0.211. The van der Waals surface area contributed by atoms with Crippen LogP contribution < -0.4 is 0 Å². The second kappa shape index (κ2) is 5.95. The molecule has 0 bridgehead atoms. The first-order valence-electron chi connectivity index (χ1n) is 7.49. The van der Waals surface area contributed by atoms with E-state index in [1.807, 2.05) is 27.0 Å². The SMILES string of the molecule is Cc1cc(F)ccc1-c1c(C)nn(C)c1Cc1ccccc1F. The van der Waals surface area contributed by atoms with E-state index < -0.39 is 0 Å². The smallest absolute Gasteiger partial charge is 0.126 e. The van der Waals surface area contributed by atoms with Gasteiger partial charge >= 0.3 is 0 Å². The highest BCUT2D eigenvalue weighted by molar-refractivity contribution is 5.72. The summed E-state index contributed by atoms with van der Waals surface area (Å²) in [6, 6.07) is 11.5. The molecule has 23 heavy (non-hydrogen) atoms. The first-order valence-corrected chi connectivity index (χ1v) is 7.49. The summed E-state index contributed by atoms with van der Waals surface area (Å²) >= 11 is 0. The summed E-state index contributed by atoms with van der Waals surface area (Å²) < 4.78 is 29.2. The second-order valence-electron chi connectivity index (χ2n) is 5.76. The first-order chi connectivity index (χ1) is 11.0. The molecule has 0 N–H and O–H groups in total. The van der Waals surface area contributed by atoms with Crippen LogP contribution in [0.3, 0.4) is 0 Å². The zero-order chi connectivity index (χ0) is 16.6. The van der Waals surface area contributed by atoms with Crippen molar-refractivity contribution in [3.63, 3.8) is 0 Å². The van der Waals surface area contributed by atoms with E-state index in [0.29, 0.717) is 12.0 Å². The van der Waals surface area contributed by atoms with E-state index in [1.165, 1.54) is 18.2 Å². The molecule has 0 spiro atoms. The van der Waals surface area contributed by atoms with Crippen molar-refractivity contribution in [1.82, 2.24) is 9.78 Å². The third kappa shape index (κ3) is 2.89. The van der Waals surface area contributed by atoms with Gasteiger partial charge in [0.05, 0.1) is 11.4 Å². The summed E-state index contributed by atoms with van der Waals surface area (Å²) in [5.41, 5.74) is 5.12. The van der Waals surface area contributed by atoms with E-state index in [0.717, 1.165) is 28.1 Å². The van der Waals surface area contributed by atoms with Gasteiger partial charge in [-0.25, -0.2) is 8.78 Å². The van der Waals surface area contributed by atoms with Crippen molar-refractivity contribution in [2.45, 2.75) is 20.3 Å². The minimum Gasteiger partial charge on any atom is -0.271 e. The molecule has 0 fully saturated rings. The van der Waals surface area contributed by atoms with Gasteiger partial charge in [0.25, 0.3) is 0 Å². The van der Waals surface area contributed by atoms with Gasteiger partial charge in [-0.15, -0.1) is 0 Å². The summed E-state index contributed by atoms with van der Waals surface area (Å²) in [5, 5.41) is 4.48. The lowest BCUT2D eigenvalue weighted by Crippen LogP contribution is -2.02. The molecule has 2 nitrogen and oxygen atoms in total. The van der Waals surface area contributed by atoms with E-state index >= 15 is 0 Å². The lowest BCUT2D eigenvalue weighted by atomic mass is 9.95. The van der Waals surface area contributed by atoms with E-state index in [4.69, 9.17) is 0 Å². The number of nitrogens with zero attached hydrogens (tertiary/aromatic N) is 2. The van der Waals surface area contributed by atoms with Gasteiger partial charge in [-0.2, -0.15) is 5.10 Å². The molecule has 0 radical (unpaired) electrons. The third-order valence-electron chi connectivity index (χ3n) is 4.11. The van der Waals surface area contributed by atoms with Crippen molar-refractivity contribution in [1.29, 1.82) is 0 Å². The summed E-state index contributed by atoms with van der Waals surface area (Å²) in [6.07, 6.45) is 0.441. The zero-order valence-electron chi connectivity index (χ0n) is 13.4. The molecule has 0 aliphatic heterocycles. The third-order valence-corrected chi connectivity index (χ3v) is 4.11. The van der Waals surface area contributed by atoms with E-state index in [9.17, 15) is 8.78 Å². The number of hydrogen-bond donors (Lipinski definition) is 0. The number of aromatic nitrogens is 2. The molecule has 3 rings (SSSR count). The molecule has 0 unspecified atom stereocenters. The summed E-state index contributed by atoms with van der Waals surface area (Å²) in [5.74, 6) is -0.489. The molecule has 0 amide bonds. The average Bonchev–Trinajstić information content (AvgIpc) is 2.76. The van der Waals surface area contributed by atoms with E-state index in [1.54, 1.807) is 22.9 Å². The predicted molar refractivity (Wildman–Crippen MR) is 87.3 cm³/mol. The van der Waals surface area contributed by atoms with Crippen molar-refractivity contribution in [2.24, 2.45) is 7.05 Å². The maximum atomic E-state index is 14.0. The van der Waals surface area contributed by atoms with Gasteiger partial charge in [0.2, 0.25) is 0 Å². The van der Waals surface area contributed by atoms with Gasteiger partial charge in [0.1, 0.15) is 11.6 Å². The summed E-state index contributed by atoms with van der Waals surface area (Å²) in [7, 11) is 1.85. The van der Waals surface area contributed by atoms with Crippen LogP contribution in [0.1, 0.15) is 22.5 Å². The number of benzene rings is 2. The molecule has 0 aliphatic rings. The maximum absolute atomic E-state index is 14.0. The van der Waals surface area contributed by atoms with Gasteiger partial charge in [-0.1, -0.05) is 24.3 Å². The largest absolute Gasteiger partial charge is 0.271 e. The van der Waals surface area contributed by atoms with Crippen LogP contribution in [0, 0.1) is 25.5 Å². The maximum Gasteiger partial charge on any atom is 0.126 e. The molecule has 0 saturated heterocycles. The monoisotopic (exact) mass is 312 g/mol. The molecule has 0 aliphatic carbocycles. The molecular formula is C19H18F2N2. The second-order valence-corrected chi connectivity index (χ2v) is 5.76. The van der Waals surface area contributed by atoms with Crippen LogP contribution in [-0.4, -0.2) is 9.78 Å². The Bertz CT molecular complexity index is 866. The van der Waals surface area contributed by atoms with Crippen LogP contribution in [0.4, 0.5) is 8.78 Å². The van der Waals surface area contributed by atoms with Crippen LogP contribution in [0.2, 0.25) is 0 Å². The van der Waals surface area contributed by atoms with Crippen molar-refractivity contribution < 1.29 is 8.78 Å². The Morgan fingerprint density at radius 3 is 2.48 bits per heavy atom. The predicted octanol–water partition coefficient (Wildman–Crippen LogP) is 4.57. The Balaban J connectivity index is 2.13. The zero-order valence-corrected chi connectivity index (χ0v) is 13.4. The van der Waals surface area contributed by atoms with Crippen LogP contribution in [0.5, 0.6) is 0 Å². The lowest BCUT2D eigenvalue weighted by Gasteiger charge is -2.10. The number of rotatable bonds is 3. The molecule has 2 aromatic carbocycles. The topological polar surface area (TPSA) is 17.8 Å². The van der Waals surface area contributed by atoms with Crippen molar-refractivity contribution in [3.05, 3.63) is 76.6 Å². The van der Waals surface area contributed by atoms with Crippen LogP contribution in [0.25, 0.3) is 11.1 Å². The minimum atomic E-state index is -0.261. The average molecular weight is 312 g/mol. The molecular weight excluding hydrogens is 294 g/mol. The Morgan fingerprint density at radius 2 is 1.78 bits per heavy atom. The molecule has 4 heteroatoms. The Labute approximate surface area is 134 Å². The highest BCUT2D eigenvalue weighted by atomic mass is 19.1. The van der Waals surface area contributed by atoms with Crippen LogP contribution in [0.15, 0.2) is 42.5 Å². The van der Waals surface area contributed by atoms with Crippen LogP contribution in [-0.2, 0) is 13.5 Å². The molecule has 0 saturated carbocycles. The van der Waals surface area contributed by atoms with Gasteiger partial charge < -0.3 is 0 Å². The van der Waals surface area contributed by atoms with E-state index in [2.05, 4.69) is 5.10 Å². The van der Waals surface area contributed by atoms with Gasteiger partial charge in [-0.05, 0) is 48.7 Å². The number of hydrogen-bond acceptors (Lipinski definition) is 1. The minimum absolute atomic E-state index is 0.229. The molecule has 3 aromatic rings. The van der Waals surface area contributed by atoms with Crippen LogP contribution >= 0.6 is 0 Å². The fourth-order valence-corrected chi connectivity index (χ4v) is 2.99. The quantitative estimate of drug-likeness (QED) is 0.692. The first kappa shape index (κ1) is 15.4. The number of aryl methyl sites for hydroxylation is 3. The van der Waals surface area contributed by atoms with Crippen molar-refractivity contribution >= 4 is 0 Å². The normalized spacial score (nSPS) is 11.0. The molecule has 1 heterocycles. The molecule has 0 atom stereocenters. The fourth-order valence-electron chi connectivity index (χ4n) is 2.99. The molecule has 118 valence electrons. The standard InChI is InChI=1S/C19H18F2N2/c1-12-10-15(20)8-9-16(12)19-13(2)22-23(3)18(19)11-14-6-4-5-7-17(14)21/h4-10H,11H2,1-3H3.